The lowest BCUT2D eigenvalue weighted by molar-refractivity contribution is -0.173. The third-order valence-electron chi connectivity index (χ3n) is 6.16. The first-order chi connectivity index (χ1) is 13.0. The number of benzene rings is 1. The maximum Gasteiger partial charge on any atom is 0.190 e. The molecule has 2 aromatic heterocycles. The molecule has 4 nitrogen and oxygen atoms in total. The van der Waals surface area contributed by atoms with Crippen molar-refractivity contribution in [3.8, 4) is 11.1 Å². The van der Waals surface area contributed by atoms with Crippen molar-refractivity contribution in [1.82, 2.24) is 9.55 Å². The number of halogens is 1. The lowest BCUT2D eigenvalue weighted by Crippen LogP contribution is -2.52. The van der Waals surface area contributed by atoms with Gasteiger partial charge in [0.15, 0.2) is 5.69 Å². The molecule has 1 aromatic carbocycles. The second-order valence-electron chi connectivity index (χ2n) is 8.09. The molecule has 27 heavy (non-hydrogen) atoms. The Hall–Kier alpha value is -2.35. The van der Waals surface area contributed by atoms with Crippen LogP contribution in [-0.2, 0) is 4.74 Å². The van der Waals surface area contributed by atoms with Crippen molar-refractivity contribution in [3.63, 3.8) is 0 Å². The molecule has 5 rings (SSSR count). The highest BCUT2D eigenvalue weighted by Crippen LogP contribution is 2.54. The molecule has 0 radical (unpaired) electrons. The quantitative estimate of drug-likeness (QED) is 0.522. The van der Waals surface area contributed by atoms with Gasteiger partial charge in [0.05, 0.1) is 24.8 Å². The van der Waals surface area contributed by atoms with E-state index < -0.39 is 0 Å². The molecule has 136 valence electrons. The van der Waals surface area contributed by atoms with Crippen molar-refractivity contribution in [2.75, 3.05) is 13.2 Å². The molecule has 1 saturated heterocycles. The number of rotatable bonds is 2. The smallest absolute Gasteiger partial charge is 0.190 e. The van der Waals surface area contributed by atoms with Gasteiger partial charge in [-0.25, -0.2) is 4.85 Å². The van der Waals surface area contributed by atoms with Gasteiger partial charge in [0, 0.05) is 46.7 Å². The molecule has 1 spiro atoms. The molecule has 0 unspecified atom stereocenters. The van der Waals surface area contributed by atoms with Gasteiger partial charge in [0.25, 0.3) is 0 Å². The predicted molar refractivity (Wildman–Crippen MR) is 107 cm³/mol. The van der Waals surface area contributed by atoms with Gasteiger partial charge in [0.1, 0.15) is 0 Å². The SMILES string of the molecule is [C-]#[N+]c1cc2c(-c3cncc(C)c3Cl)cn(C3CC4(COC4)C3)c2cc1C. The third kappa shape index (κ3) is 2.42. The van der Waals surface area contributed by atoms with Crippen LogP contribution >= 0.6 is 11.6 Å². The number of aromatic nitrogens is 2. The lowest BCUT2D eigenvalue weighted by Gasteiger charge is -2.53. The average Bonchev–Trinajstić information content (AvgIpc) is 2.92. The predicted octanol–water partition coefficient (Wildman–Crippen LogP) is 5.88. The Balaban J connectivity index is 1.71. The van der Waals surface area contributed by atoms with E-state index in [-0.39, 0.29) is 0 Å². The Labute approximate surface area is 163 Å². The summed E-state index contributed by atoms with van der Waals surface area (Å²) in [7, 11) is 0. The number of hydrogen-bond acceptors (Lipinski definition) is 2. The van der Waals surface area contributed by atoms with Crippen LogP contribution in [-0.4, -0.2) is 22.8 Å². The summed E-state index contributed by atoms with van der Waals surface area (Å²) in [5, 5.41) is 1.80. The monoisotopic (exact) mass is 377 g/mol. The van der Waals surface area contributed by atoms with Gasteiger partial charge in [-0.05, 0) is 55.3 Å². The summed E-state index contributed by atoms with van der Waals surface area (Å²) in [6.07, 6.45) is 8.12. The zero-order valence-corrected chi connectivity index (χ0v) is 16.2. The molecule has 2 fully saturated rings. The van der Waals surface area contributed by atoms with Gasteiger partial charge in [-0.15, -0.1) is 0 Å². The molecule has 1 saturated carbocycles. The van der Waals surface area contributed by atoms with Crippen LogP contribution < -0.4 is 0 Å². The van der Waals surface area contributed by atoms with Crippen LogP contribution in [0, 0.1) is 25.8 Å². The normalized spacial score (nSPS) is 18.3. The summed E-state index contributed by atoms with van der Waals surface area (Å²) in [6.45, 7) is 13.3. The van der Waals surface area contributed by atoms with Crippen molar-refractivity contribution >= 4 is 28.2 Å². The van der Waals surface area contributed by atoms with Crippen molar-refractivity contribution in [2.45, 2.75) is 32.7 Å². The van der Waals surface area contributed by atoms with Crippen LogP contribution in [0.3, 0.4) is 0 Å². The minimum Gasteiger partial charge on any atom is -0.380 e. The topological polar surface area (TPSA) is 31.4 Å². The fraction of sp³-hybridized carbons (Fsp3) is 0.364. The van der Waals surface area contributed by atoms with Crippen molar-refractivity contribution in [1.29, 1.82) is 0 Å². The number of fused-ring (bicyclic) bond motifs is 1. The maximum atomic E-state index is 7.50. The van der Waals surface area contributed by atoms with Gasteiger partial charge in [-0.3, -0.25) is 4.98 Å². The second-order valence-corrected chi connectivity index (χ2v) is 8.47. The highest BCUT2D eigenvalue weighted by atomic mass is 35.5. The summed E-state index contributed by atoms with van der Waals surface area (Å²) in [6, 6.07) is 4.62. The molecule has 0 atom stereocenters. The van der Waals surface area contributed by atoms with E-state index in [1.165, 1.54) is 5.52 Å². The molecule has 5 heteroatoms. The van der Waals surface area contributed by atoms with Crippen LogP contribution in [0.15, 0.2) is 30.7 Å². The molecule has 2 aliphatic rings. The first-order valence-corrected chi connectivity index (χ1v) is 9.60. The Bertz CT molecular complexity index is 1110. The highest BCUT2D eigenvalue weighted by Gasteiger charge is 2.50. The van der Waals surface area contributed by atoms with E-state index in [2.05, 4.69) is 26.7 Å². The summed E-state index contributed by atoms with van der Waals surface area (Å²) >= 11 is 6.62. The molecule has 0 N–H and O–H groups in total. The van der Waals surface area contributed by atoms with E-state index in [1.54, 1.807) is 6.20 Å². The van der Waals surface area contributed by atoms with Gasteiger partial charge in [0.2, 0.25) is 0 Å². The van der Waals surface area contributed by atoms with Crippen molar-refractivity contribution < 1.29 is 4.74 Å². The van der Waals surface area contributed by atoms with Crippen LogP contribution in [0.2, 0.25) is 5.02 Å². The zero-order valence-electron chi connectivity index (χ0n) is 15.4. The Morgan fingerprint density at radius 1 is 1.19 bits per heavy atom. The molecule has 0 amide bonds. The van der Waals surface area contributed by atoms with Crippen LogP contribution in [0.25, 0.3) is 26.9 Å². The largest absolute Gasteiger partial charge is 0.380 e. The van der Waals surface area contributed by atoms with E-state index in [4.69, 9.17) is 22.9 Å². The summed E-state index contributed by atoms with van der Waals surface area (Å²) in [5.74, 6) is 0. The fourth-order valence-corrected chi connectivity index (χ4v) is 4.73. The number of hydrogen-bond donors (Lipinski definition) is 0. The zero-order chi connectivity index (χ0) is 18.8. The van der Waals surface area contributed by atoms with Crippen LogP contribution in [0.4, 0.5) is 5.69 Å². The second kappa shape index (κ2) is 5.82. The van der Waals surface area contributed by atoms with E-state index in [0.29, 0.717) is 17.1 Å². The van der Waals surface area contributed by atoms with Crippen molar-refractivity contribution in [3.05, 3.63) is 58.3 Å². The minimum absolute atomic E-state index is 0.398. The average molecular weight is 378 g/mol. The standard InChI is InChI=1S/C22H20ClN3O/c1-13-4-20-16(5-19(13)24-3)18(17-9-25-8-14(2)21(17)23)10-26(20)15-6-22(7-15)11-27-12-22/h4-5,8-10,15H,6-7,11-12H2,1-2H3. The number of aryl methyl sites for hydroxylation is 2. The molecular formula is C22H20ClN3O. The van der Waals surface area contributed by atoms with Gasteiger partial charge in [-0.1, -0.05) is 11.6 Å². The summed E-state index contributed by atoms with van der Waals surface area (Å²) in [4.78, 5) is 8.06. The maximum absolute atomic E-state index is 7.50. The van der Waals surface area contributed by atoms with Crippen LogP contribution in [0.1, 0.15) is 30.0 Å². The summed E-state index contributed by atoms with van der Waals surface area (Å²) in [5.41, 5.74) is 6.22. The van der Waals surface area contributed by atoms with E-state index >= 15 is 0 Å². The van der Waals surface area contributed by atoms with E-state index in [0.717, 1.165) is 58.7 Å². The Kier molecular flexibility index (Phi) is 3.62. The highest BCUT2D eigenvalue weighted by molar-refractivity contribution is 6.34. The van der Waals surface area contributed by atoms with Gasteiger partial charge in [-0.2, -0.15) is 0 Å². The number of nitrogens with zero attached hydrogens (tertiary/aromatic N) is 3. The molecule has 3 heterocycles. The number of ether oxygens (including phenoxy) is 1. The molecule has 1 aliphatic heterocycles. The fourth-order valence-electron chi connectivity index (χ4n) is 4.53. The molecule has 0 bridgehead atoms. The first kappa shape index (κ1) is 16.8. The van der Waals surface area contributed by atoms with Crippen LogP contribution in [0.5, 0.6) is 0 Å². The summed E-state index contributed by atoms with van der Waals surface area (Å²) < 4.78 is 7.82. The first-order valence-electron chi connectivity index (χ1n) is 9.22. The molecule has 1 aliphatic carbocycles. The van der Waals surface area contributed by atoms with E-state index in [1.807, 2.05) is 26.1 Å². The third-order valence-corrected chi connectivity index (χ3v) is 6.66. The lowest BCUT2D eigenvalue weighted by atomic mass is 9.64. The minimum atomic E-state index is 0.398. The molecule has 3 aromatic rings. The van der Waals surface area contributed by atoms with E-state index in [9.17, 15) is 0 Å². The Morgan fingerprint density at radius 2 is 1.96 bits per heavy atom. The van der Waals surface area contributed by atoms with Gasteiger partial charge < -0.3 is 9.30 Å². The Morgan fingerprint density at radius 3 is 2.63 bits per heavy atom. The molecular weight excluding hydrogens is 358 g/mol. The number of pyridine rings is 1. The van der Waals surface area contributed by atoms with Crippen molar-refractivity contribution in [2.24, 2.45) is 5.41 Å². The van der Waals surface area contributed by atoms with Gasteiger partial charge >= 0.3 is 0 Å².